The highest BCUT2D eigenvalue weighted by atomic mass is 32.1. The molecule has 0 aliphatic carbocycles. The van der Waals surface area contributed by atoms with Crippen LogP contribution in [0.25, 0.3) is 20.7 Å². The zero-order valence-electron chi connectivity index (χ0n) is 16.7. The highest BCUT2D eigenvalue weighted by Crippen LogP contribution is 2.39. The maximum absolute atomic E-state index is 6.13. The summed E-state index contributed by atoms with van der Waals surface area (Å²) in [4.78, 5) is 14.4. The summed E-state index contributed by atoms with van der Waals surface area (Å²) in [6, 6.07) is 4.21. The van der Waals surface area contributed by atoms with Crippen LogP contribution in [0, 0.1) is 0 Å². The number of fused-ring (bicyclic) bond motifs is 1. The van der Waals surface area contributed by atoms with Crippen LogP contribution in [0.5, 0.6) is 0 Å². The summed E-state index contributed by atoms with van der Waals surface area (Å²) in [6.45, 7) is 4.60. The maximum Gasteiger partial charge on any atom is 0.146 e. The monoisotopic (exact) mass is 441 g/mol. The first-order valence-electron chi connectivity index (χ1n) is 9.81. The van der Waals surface area contributed by atoms with E-state index >= 15 is 0 Å². The molecule has 8 nitrogen and oxygen atoms in total. The average Bonchev–Trinajstić information content (AvgIpc) is 3.49. The number of anilines is 2. The predicted molar refractivity (Wildman–Crippen MR) is 122 cm³/mol. The van der Waals surface area contributed by atoms with Gasteiger partial charge in [-0.15, -0.1) is 22.7 Å². The lowest BCUT2D eigenvalue weighted by molar-refractivity contribution is 0.0331. The van der Waals surface area contributed by atoms with Crippen molar-refractivity contribution in [3.63, 3.8) is 0 Å². The molecule has 5 heterocycles. The van der Waals surface area contributed by atoms with E-state index in [0.717, 1.165) is 60.3 Å². The Morgan fingerprint density at radius 1 is 1.23 bits per heavy atom. The normalized spacial score (nSPS) is 15.1. The Labute approximate surface area is 182 Å². The standard InChI is InChI=1S/C20H23N7OS2/c1-26-18(21)13(10-23-26)9-22-19-17-14(15-3-2-8-29-15)12-30-20(17)25-16(24-19)11-27-4-6-28-7-5-27/h2-3,8,10,12H,4-7,9,11,21H2,1H3,(H,22,24,25). The van der Waals surface area contributed by atoms with E-state index < -0.39 is 0 Å². The minimum Gasteiger partial charge on any atom is -0.384 e. The number of nitrogens with two attached hydrogens (primary N) is 1. The lowest BCUT2D eigenvalue weighted by atomic mass is 10.2. The highest BCUT2D eigenvalue weighted by molar-refractivity contribution is 7.18. The van der Waals surface area contributed by atoms with Crippen LogP contribution in [-0.2, 0) is 24.9 Å². The molecule has 5 rings (SSSR count). The number of rotatable bonds is 6. The Bertz CT molecular complexity index is 1150. The molecule has 1 aliphatic heterocycles. The fourth-order valence-electron chi connectivity index (χ4n) is 3.56. The van der Waals surface area contributed by atoms with Crippen LogP contribution in [0.2, 0.25) is 0 Å². The van der Waals surface area contributed by atoms with Crippen LogP contribution >= 0.6 is 22.7 Å². The van der Waals surface area contributed by atoms with Crippen molar-refractivity contribution < 1.29 is 4.74 Å². The quantitative estimate of drug-likeness (QED) is 0.475. The van der Waals surface area contributed by atoms with E-state index in [-0.39, 0.29) is 0 Å². The van der Waals surface area contributed by atoms with Gasteiger partial charge >= 0.3 is 0 Å². The number of hydrogen-bond acceptors (Lipinski definition) is 9. The number of thiophene rings is 2. The molecule has 1 aliphatic rings. The van der Waals surface area contributed by atoms with Gasteiger partial charge in [-0.2, -0.15) is 5.10 Å². The van der Waals surface area contributed by atoms with Crippen LogP contribution in [0.1, 0.15) is 11.4 Å². The van der Waals surface area contributed by atoms with Gasteiger partial charge in [0.1, 0.15) is 22.3 Å². The number of nitrogen functional groups attached to an aromatic ring is 1. The molecule has 0 aromatic carbocycles. The molecule has 0 saturated carbocycles. The predicted octanol–water partition coefficient (Wildman–Crippen LogP) is 3.18. The molecule has 0 bridgehead atoms. The lowest BCUT2D eigenvalue weighted by Crippen LogP contribution is -2.36. The fourth-order valence-corrected chi connectivity index (χ4v) is 5.34. The Morgan fingerprint density at radius 3 is 2.83 bits per heavy atom. The molecule has 0 amide bonds. The number of nitrogens with zero attached hydrogens (tertiary/aromatic N) is 5. The summed E-state index contributed by atoms with van der Waals surface area (Å²) < 4.78 is 7.14. The lowest BCUT2D eigenvalue weighted by Gasteiger charge is -2.25. The Kier molecular flexibility index (Phi) is 5.38. The minimum atomic E-state index is 0.558. The summed E-state index contributed by atoms with van der Waals surface area (Å²) >= 11 is 3.39. The van der Waals surface area contributed by atoms with Crippen molar-refractivity contribution in [1.82, 2.24) is 24.6 Å². The number of ether oxygens (including phenoxy) is 1. The Hall–Kier alpha value is -2.53. The topological polar surface area (TPSA) is 94.1 Å². The molecule has 0 unspecified atom stereocenters. The van der Waals surface area contributed by atoms with Gasteiger partial charge in [0.2, 0.25) is 0 Å². The summed E-state index contributed by atoms with van der Waals surface area (Å²) in [7, 11) is 1.84. The van der Waals surface area contributed by atoms with Crippen molar-refractivity contribution in [1.29, 1.82) is 0 Å². The van der Waals surface area contributed by atoms with E-state index in [1.165, 1.54) is 10.4 Å². The van der Waals surface area contributed by atoms with Crippen LogP contribution in [0.15, 0.2) is 29.1 Å². The molecular formula is C20H23N7OS2. The summed E-state index contributed by atoms with van der Waals surface area (Å²) in [5.41, 5.74) is 8.25. The van der Waals surface area contributed by atoms with Gasteiger partial charge in [-0.3, -0.25) is 9.58 Å². The second kappa shape index (κ2) is 8.31. The van der Waals surface area contributed by atoms with Gasteiger partial charge in [-0.25, -0.2) is 9.97 Å². The summed E-state index contributed by atoms with van der Waals surface area (Å²) in [5, 5.41) is 13.1. The molecule has 4 aromatic rings. The molecule has 156 valence electrons. The highest BCUT2D eigenvalue weighted by Gasteiger charge is 2.19. The van der Waals surface area contributed by atoms with Crippen molar-refractivity contribution in [2.24, 2.45) is 7.05 Å². The van der Waals surface area contributed by atoms with Crippen LogP contribution < -0.4 is 11.1 Å². The zero-order chi connectivity index (χ0) is 20.5. The van der Waals surface area contributed by atoms with Crippen molar-refractivity contribution in [2.75, 3.05) is 37.4 Å². The first kappa shape index (κ1) is 19.4. The van der Waals surface area contributed by atoms with E-state index in [9.17, 15) is 0 Å². The van der Waals surface area contributed by atoms with Crippen molar-refractivity contribution in [3.8, 4) is 10.4 Å². The number of aromatic nitrogens is 4. The van der Waals surface area contributed by atoms with Gasteiger partial charge in [0.05, 0.1) is 31.3 Å². The Balaban J connectivity index is 1.51. The molecule has 30 heavy (non-hydrogen) atoms. The number of morpholine rings is 1. The third kappa shape index (κ3) is 3.79. The molecule has 1 saturated heterocycles. The molecule has 4 aromatic heterocycles. The third-order valence-electron chi connectivity index (χ3n) is 5.25. The summed E-state index contributed by atoms with van der Waals surface area (Å²) in [6.07, 6.45) is 1.79. The first-order valence-corrected chi connectivity index (χ1v) is 11.6. The SMILES string of the molecule is Cn1ncc(CNc2nc(CN3CCOCC3)nc3scc(-c4cccs4)c23)c1N. The minimum absolute atomic E-state index is 0.558. The third-order valence-corrected chi connectivity index (χ3v) is 7.02. The van der Waals surface area contributed by atoms with Crippen LogP contribution in [-0.4, -0.2) is 51.0 Å². The number of hydrogen-bond donors (Lipinski definition) is 2. The molecule has 1 fully saturated rings. The molecule has 0 spiro atoms. The number of aryl methyl sites for hydroxylation is 1. The smallest absolute Gasteiger partial charge is 0.146 e. The first-order chi connectivity index (χ1) is 14.7. The van der Waals surface area contributed by atoms with Gasteiger partial charge < -0.3 is 15.8 Å². The number of nitrogens with one attached hydrogen (secondary N) is 1. The average molecular weight is 442 g/mol. The van der Waals surface area contributed by atoms with E-state index in [0.29, 0.717) is 12.4 Å². The van der Waals surface area contributed by atoms with Gasteiger partial charge in [0.15, 0.2) is 0 Å². The van der Waals surface area contributed by atoms with E-state index in [4.69, 9.17) is 20.4 Å². The molecule has 0 atom stereocenters. The Morgan fingerprint density at radius 2 is 2.10 bits per heavy atom. The van der Waals surface area contributed by atoms with Crippen molar-refractivity contribution in [2.45, 2.75) is 13.1 Å². The molecule has 3 N–H and O–H groups in total. The zero-order valence-corrected chi connectivity index (χ0v) is 18.3. The molecule has 10 heteroatoms. The summed E-state index contributed by atoms with van der Waals surface area (Å²) in [5.74, 6) is 2.33. The second-order valence-electron chi connectivity index (χ2n) is 7.22. The molecular weight excluding hydrogens is 418 g/mol. The van der Waals surface area contributed by atoms with E-state index in [2.05, 4.69) is 38.2 Å². The molecule has 0 radical (unpaired) electrons. The second-order valence-corrected chi connectivity index (χ2v) is 9.02. The van der Waals surface area contributed by atoms with Crippen molar-refractivity contribution >= 4 is 44.5 Å². The van der Waals surface area contributed by atoms with E-state index in [1.807, 2.05) is 7.05 Å². The van der Waals surface area contributed by atoms with Crippen molar-refractivity contribution in [3.05, 3.63) is 40.5 Å². The maximum atomic E-state index is 6.13. The largest absolute Gasteiger partial charge is 0.384 e. The van der Waals surface area contributed by atoms with Gasteiger partial charge in [0, 0.05) is 48.1 Å². The van der Waals surface area contributed by atoms with Crippen LogP contribution in [0.3, 0.4) is 0 Å². The van der Waals surface area contributed by atoms with E-state index in [1.54, 1.807) is 33.6 Å². The van der Waals surface area contributed by atoms with Gasteiger partial charge in [-0.05, 0) is 11.4 Å². The van der Waals surface area contributed by atoms with Gasteiger partial charge in [-0.1, -0.05) is 6.07 Å². The fraction of sp³-hybridized carbons (Fsp3) is 0.350. The van der Waals surface area contributed by atoms with Crippen LogP contribution in [0.4, 0.5) is 11.6 Å². The van der Waals surface area contributed by atoms with Gasteiger partial charge in [0.25, 0.3) is 0 Å².